The summed E-state index contributed by atoms with van der Waals surface area (Å²) in [6.45, 7) is 1.82. The topological polar surface area (TPSA) is 50.7 Å². The van der Waals surface area contributed by atoms with E-state index in [2.05, 4.69) is 56.8 Å². The van der Waals surface area contributed by atoms with Crippen molar-refractivity contribution in [3.05, 3.63) is 75.8 Å². The summed E-state index contributed by atoms with van der Waals surface area (Å²) in [6, 6.07) is 18.0. The van der Waals surface area contributed by atoms with Crippen LogP contribution < -0.4 is 10.2 Å². The Morgan fingerprint density at radius 3 is 2.70 bits per heavy atom. The summed E-state index contributed by atoms with van der Waals surface area (Å²) in [5, 5.41) is 6.82. The standard InChI is InChI=1S/C22H19BrN2O2/c1-14(24-25-21(26)13-27-18-6-3-5-17(23)12-18)19-11-10-16-9-8-15-4-2-7-20(19)22(15)16/h2-7,10-12H,8-9,13H2,1H3,(H,25,26)/b24-14+. The highest BCUT2D eigenvalue weighted by molar-refractivity contribution is 9.10. The van der Waals surface area contributed by atoms with E-state index >= 15 is 0 Å². The maximum Gasteiger partial charge on any atom is 0.277 e. The summed E-state index contributed by atoms with van der Waals surface area (Å²) in [4.78, 5) is 12.1. The smallest absolute Gasteiger partial charge is 0.277 e. The van der Waals surface area contributed by atoms with E-state index in [9.17, 15) is 4.79 Å². The Morgan fingerprint density at radius 2 is 1.89 bits per heavy atom. The van der Waals surface area contributed by atoms with Gasteiger partial charge in [0.05, 0.1) is 5.71 Å². The molecule has 1 aliphatic carbocycles. The predicted octanol–water partition coefficient (Wildman–Crippen LogP) is 4.62. The van der Waals surface area contributed by atoms with E-state index in [1.807, 2.05) is 25.1 Å². The highest BCUT2D eigenvalue weighted by atomic mass is 79.9. The van der Waals surface area contributed by atoms with Crippen molar-refractivity contribution in [2.24, 2.45) is 5.10 Å². The third kappa shape index (κ3) is 3.74. The number of nitrogens with zero attached hydrogens (tertiary/aromatic N) is 1. The molecule has 1 N–H and O–H groups in total. The van der Waals surface area contributed by atoms with Crippen molar-refractivity contribution in [1.29, 1.82) is 0 Å². The summed E-state index contributed by atoms with van der Waals surface area (Å²) in [6.07, 6.45) is 2.19. The maximum absolute atomic E-state index is 12.1. The van der Waals surface area contributed by atoms with Crippen LogP contribution in [0.1, 0.15) is 23.6 Å². The van der Waals surface area contributed by atoms with Crippen molar-refractivity contribution in [3.63, 3.8) is 0 Å². The highest BCUT2D eigenvalue weighted by Crippen LogP contribution is 2.32. The summed E-state index contributed by atoms with van der Waals surface area (Å²) in [5.41, 5.74) is 7.20. The van der Waals surface area contributed by atoms with Gasteiger partial charge in [-0.15, -0.1) is 0 Å². The SMILES string of the molecule is C/C(=N\NC(=O)COc1cccc(Br)c1)c1ccc2c3c(cccc13)CC2. The lowest BCUT2D eigenvalue weighted by atomic mass is 9.98. The zero-order valence-electron chi connectivity index (χ0n) is 15.0. The summed E-state index contributed by atoms with van der Waals surface area (Å²) in [5.74, 6) is 0.341. The molecule has 27 heavy (non-hydrogen) atoms. The third-order valence-electron chi connectivity index (χ3n) is 4.78. The number of rotatable bonds is 5. The summed E-state index contributed by atoms with van der Waals surface area (Å²) in [7, 11) is 0. The number of halogens is 1. The molecule has 0 aromatic heterocycles. The van der Waals surface area contributed by atoms with Gasteiger partial charge in [0.25, 0.3) is 5.91 Å². The fourth-order valence-electron chi connectivity index (χ4n) is 3.51. The van der Waals surface area contributed by atoms with Gasteiger partial charge in [0.15, 0.2) is 6.61 Å². The molecule has 4 rings (SSSR count). The van der Waals surface area contributed by atoms with Gasteiger partial charge in [0, 0.05) is 10.0 Å². The lowest BCUT2D eigenvalue weighted by molar-refractivity contribution is -0.123. The maximum atomic E-state index is 12.1. The van der Waals surface area contributed by atoms with E-state index in [0.29, 0.717) is 5.75 Å². The van der Waals surface area contributed by atoms with Crippen molar-refractivity contribution in [3.8, 4) is 5.75 Å². The molecule has 3 aromatic rings. The van der Waals surface area contributed by atoms with Gasteiger partial charge in [0.1, 0.15) is 5.75 Å². The van der Waals surface area contributed by atoms with Gasteiger partial charge in [-0.3, -0.25) is 4.79 Å². The second kappa shape index (κ2) is 7.53. The first kappa shape index (κ1) is 17.7. The van der Waals surface area contributed by atoms with Gasteiger partial charge in [-0.1, -0.05) is 52.3 Å². The minimum atomic E-state index is -0.291. The molecule has 1 aliphatic rings. The quantitative estimate of drug-likeness (QED) is 0.481. The normalized spacial score (nSPS) is 13.0. The molecule has 5 heteroatoms. The monoisotopic (exact) mass is 422 g/mol. The molecular weight excluding hydrogens is 404 g/mol. The van der Waals surface area contributed by atoms with Crippen LogP contribution in [-0.2, 0) is 17.6 Å². The van der Waals surface area contributed by atoms with E-state index < -0.39 is 0 Å². The molecule has 0 radical (unpaired) electrons. The van der Waals surface area contributed by atoms with Crippen LogP contribution in [0.15, 0.2) is 64.2 Å². The van der Waals surface area contributed by atoms with Crippen molar-refractivity contribution in [2.45, 2.75) is 19.8 Å². The van der Waals surface area contributed by atoms with E-state index in [-0.39, 0.29) is 12.5 Å². The number of hydrogen-bond donors (Lipinski definition) is 1. The molecule has 0 fully saturated rings. The zero-order chi connectivity index (χ0) is 18.8. The molecule has 0 unspecified atom stereocenters. The Hall–Kier alpha value is -2.66. The van der Waals surface area contributed by atoms with E-state index in [1.54, 1.807) is 6.07 Å². The number of aryl methyl sites for hydroxylation is 2. The molecule has 1 amide bonds. The van der Waals surface area contributed by atoms with E-state index in [4.69, 9.17) is 4.74 Å². The molecule has 4 nitrogen and oxygen atoms in total. The Bertz CT molecular complexity index is 1050. The fraction of sp³-hybridized carbons (Fsp3) is 0.182. The number of hydrogen-bond acceptors (Lipinski definition) is 3. The minimum Gasteiger partial charge on any atom is -0.484 e. The number of amides is 1. The minimum absolute atomic E-state index is 0.0862. The molecule has 0 heterocycles. The molecule has 136 valence electrons. The molecule has 0 saturated carbocycles. The van der Waals surface area contributed by atoms with E-state index in [0.717, 1.165) is 28.6 Å². The summed E-state index contributed by atoms with van der Waals surface area (Å²) < 4.78 is 6.39. The number of carbonyl (C=O) groups is 1. The molecule has 3 aromatic carbocycles. The van der Waals surface area contributed by atoms with Crippen LogP contribution in [0.5, 0.6) is 5.75 Å². The van der Waals surface area contributed by atoms with Crippen molar-refractivity contribution in [2.75, 3.05) is 6.61 Å². The Kier molecular flexibility index (Phi) is 4.94. The van der Waals surface area contributed by atoms with Crippen LogP contribution in [0, 0.1) is 0 Å². The van der Waals surface area contributed by atoms with E-state index in [1.165, 1.54) is 21.9 Å². The number of nitrogens with one attached hydrogen (secondary N) is 1. The molecule has 0 bridgehead atoms. The first-order valence-electron chi connectivity index (χ1n) is 8.87. The number of hydrazone groups is 1. The largest absolute Gasteiger partial charge is 0.484 e. The molecule has 0 aliphatic heterocycles. The van der Waals surface area contributed by atoms with Crippen molar-refractivity contribution < 1.29 is 9.53 Å². The van der Waals surface area contributed by atoms with Gasteiger partial charge in [-0.25, -0.2) is 5.43 Å². The molecule has 0 saturated heterocycles. The van der Waals surface area contributed by atoms with Crippen LogP contribution in [-0.4, -0.2) is 18.2 Å². The van der Waals surface area contributed by atoms with Crippen LogP contribution in [0.2, 0.25) is 0 Å². The second-order valence-corrected chi connectivity index (χ2v) is 7.51. The molecule has 0 spiro atoms. The van der Waals surface area contributed by atoms with Gasteiger partial charge >= 0.3 is 0 Å². The molecular formula is C22H19BrN2O2. The third-order valence-corrected chi connectivity index (χ3v) is 5.27. The highest BCUT2D eigenvalue weighted by Gasteiger charge is 2.16. The van der Waals surface area contributed by atoms with Crippen molar-refractivity contribution in [1.82, 2.24) is 5.43 Å². The van der Waals surface area contributed by atoms with Gasteiger partial charge < -0.3 is 4.74 Å². The predicted molar refractivity (Wildman–Crippen MR) is 111 cm³/mol. The lowest BCUT2D eigenvalue weighted by Crippen LogP contribution is -2.25. The van der Waals surface area contributed by atoms with Crippen LogP contribution in [0.3, 0.4) is 0 Å². The lowest BCUT2D eigenvalue weighted by Gasteiger charge is -2.09. The van der Waals surface area contributed by atoms with Crippen LogP contribution in [0.25, 0.3) is 10.8 Å². The van der Waals surface area contributed by atoms with Gasteiger partial charge in [-0.2, -0.15) is 5.10 Å². The van der Waals surface area contributed by atoms with Crippen molar-refractivity contribution >= 4 is 38.3 Å². The first-order chi connectivity index (χ1) is 13.1. The fourth-order valence-corrected chi connectivity index (χ4v) is 3.88. The Labute approximate surface area is 166 Å². The molecule has 0 atom stereocenters. The van der Waals surface area contributed by atoms with Crippen LogP contribution >= 0.6 is 15.9 Å². The summed E-state index contributed by atoms with van der Waals surface area (Å²) >= 11 is 3.38. The number of carbonyl (C=O) groups excluding carboxylic acids is 1. The number of ether oxygens (including phenoxy) is 1. The average molecular weight is 423 g/mol. The zero-order valence-corrected chi connectivity index (χ0v) is 16.5. The van der Waals surface area contributed by atoms with Gasteiger partial charge in [-0.05, 0) is 59.9 Å². The van der Waals surface area contributed by atoms with Gasteiger partial charge in [0.2, 0.25) is 0 Å². The number of benzene rings is 3. The Morgan fingerprint density at radius 1 is 1.11 bits per heavy atom. The van der Waals surface area contributed by atoms with Crippen LogP contribution in [0.4, 0.5) is 0 Å². The second-order valence-electron chi connectivity index (χ2n) is 6.59. The Balaban J connectivity index is 1.47. The average Bonchev–Trinajstić information content (AvgIpc) is 3.10. The first-order valence-corrected chi connectivity index (χ1v) is 9.66.